The standard InChI is InChI=1S/C15H14N6O/c1-2-18-15(22)21-10-12(13-9-17-7-8-19-13)14(20-21)11-3-5-16-6-4-11/h3-10H,2H2,1H3,(H,18,22). The summed E-state index contributed by atoms with van der Waals surface area (Å²) in [6.45, 7) is 2.39. The number of carbonyl (C=O) groups is 1. The smallest absolute Gasteiger partial charge is 0.336 e. The van der Waals surface area contributed by atoms with Gasteiger partial charge in [0.2, 0.25) is 0 Å². The first-order chi connectivity index (χ1) is 10.8. The van der Waals surface area contributed by atoms with Crippen molar-refractivity contribution >= 4 is 6.03 Å². The summed E-state index contributed by atoms with van der Waals surface area (Å²) >= 11 is 0. The highest BCUT2D eigenvalue weighted by Gasteiger charge is 2.17. The Hall–Kier alpha value is -3.09. The SMILES string of the molecule is CCNC(=O)n1cc(-c2cnccn2)c(-c2ccncc2)n1. The van der Waals surface area contributed by atoms with Gasteiger partial charge in [0, 0.05) is 48.7 Å². The molecule has 3 aromatic rings. The number of pyridine rings is 1. The number of amides is 1. The predicted octanol–water partition coefficient (Wildman–Crippen LogP) is 1.98. The minimum atomic E-state index is -0.284. The maximum atomic E-state index is 12.0. The maximum Gasteiger partial charge on any atom is 0.342 e. The fourth-order valence-electron chi connectivity index (χ4n) is 2.06. The molecule has 1 N–H and O–H groups in total. The molecule has 0 aromatic carbocycles. The van der Waals surface area contributed by atoms with Gasteiger partial charge in [-0.05, 0) is 19.1 Å². The Morgan fingerprint density at radius 1 is 1.18 bits per heavy atom. The Kier molecular flexibility index (Phi) is 3.86. The highest BCUT2D eigenvalue weighted by molar-refractivity contribution is 5.83. The number of rotatable bonds is 3. The van der Waals surface area contributed by atoms with Gasteiger partial charge in [-0.15, -0.1) is 0 Å². The first-order valence-corrected chi connectivity index (χ1v) is 6.84. The fourth-order valence-corrected chi connectivity index (χ4v) is 2.06. The molecule has 0 unspecified atom stereocenters. The summed E-state index contributed by atoms with van der Waals surface area (Å²) in [5, 5.41) is 7.10. The monoisotopic (exact) mass is 294 g/mol. The van der Waals surface area contributed by atoms with Gasteiger partial charge < -0.3 is 5.32 Å². The van der Waals surface area contributed by atoms with Crippen molar-refractivity contribution in [3.63, 3.8) is 0 Å². The quantitative estimate of drug-likeness (QED) is 0.798. The topological polar surface area (TPSA) is 85.6 Å². The van der Waals surface area contributed by atoms with Crippen LogP contribution in [0.1, 0.15) is 6.92 Å². The second-order valence-corrected chi connectivity index (χ2v) is 4.50. The average molecular weight is 294 g/mol. The molecule has 0 bridgehead atoms. The molecule has 0 saturated carbocycles. The van der Waals surface area contributed by atoms with Crippen LogP contribution in [0.4, 0.5) is 4.79 Å². The lowest BCUT2D eigenvalue weighted by Crippen LogP contribution is -2.28. The third-order valence-electron chi connectivity index (χ3n) is 3.04. The van der Waals surface area contributed by atoms with Gasteiger partial charge in [0.15, 0.2) is 0 Å². The molecule has 0 atom stereocenters. The van der Waals surface area contributed by atoms with E-state index in [1.807, 2.05) is 19.1 Å². The minimum Gasteiger partial charge on any atom is -0.336 e. The molecular weight excluding hydrogens is 280 g/mol. The summed E-state index contributed by atoms with van der Waals surface area (Å²) in [7, 11) is 0. The van der Waals surface area contributed by atoms with Crippen molar-refractivity contribution in [1.29, 1.82) is 0 Å². The summed E-state index contributed by atoms with van der Waals surface area (Å²) in [5.41, 5.74) is 2.92. The fraction of sp³-hybridized carbons (Fsp3) is 0.133. The van der Waals surface area contributed by atoms with E-state index in [-0.39, 0.29) is 6.03 Å². The zero-order valence-electron chi connectivity index (χ0n) is 12.0. The number of nitrogens with one attached hydrogen (secondary N) is 1. The molecule has 3 heterocycles. The Balaban J connectivity index is 2.12. The molecular formula is C15H14N6O. The lowest BCUT2D eigenvalue weighted by Gasteiger charge is -2.00. The lowest BCUT2D eigenvalue weighted by molar-refractivity contribution is 0.240. The molecule has 0 aliphatic heterocycles. The molecule has 110 valence electrons. The van der Waals surface area contributed by atoms with Crippen LogP contribution in [0.25, 0.3) is 22.5 Å². The molecule has 3 aromatic heterocycles. The molecule has 0 radical (unpaired) electrons. The van der Waals surface area contributed by atoms with Crippen molar-refractivity contribution < 1.29 is 4.79 Å². The van der Waals surface area contributed by atoms with Crippen LogP contribution in [0, 0.1) is 0 Å². The molecule has 0 aliphatic rings. The molecule has 0 spiro atoms. The van der Waals surface area contributed by atoms with E-state index in [2.05, 4.69) is 25.4 Å². The summed E-state index contributed by atoms with van der Waals surface area (Å²) < 4.78 is 1.28. The van der Waals surface area contributed by atoms with Gasteiger partial charge in [-0.2, -0.15) is 9.78 Å². The minimum absolute atomic E-state index is 0.284. The number of nitrogens with zero attached hydrogens (tertiary/aromatic N) is 5. The van der Waals surface area contributed by atoms with Crippen molar-refractivity contribution in [2.45, 2.75) is 6.92 Å². The van der Waals surface area contributed by atoms with Gasteiger partial charge in [0.25, 0.3) is 0 Å². The van der Waals surface area contributed by atoms with E-state index in [1.54, 1.807) is 37.2 Å². The van der Waals surface area contributed by atoms with Crippen molar-refractivity contribution in [1.82, 2.24) is 30.0 Å². The Morgan fingerprint density at radius 3 is 2.68 bits per heavy atom. The van der Waals surface area contributed by atoms with Gasteiger partial charge in [-0.3, -0.25) is 15.0 Å². The zero-order chi connectivity index (χ0) is 15.4. The van der Waals surface area contributed by atoms with Crippen LogP contribution in [0.5, 0.6) is 0 Å². The summed E-state index contributed by atoms with van der Waals surface area (Å²) in [5.74, 6) is 0. The van der Waals surface area contributed by atoms with E-state index in [0.29, 0.717) is 17.9 Å². The Labute approximate surface area is 127 Å². The first-order valence-electron chi connectivity index (χ1n) is 6.84. The molecule has 0 saturated heterocycles. The van der Waals surface area contributed by atoms with Gasteiger partial charge in [-0.25, -0.2) is 4.79 Å². The van der Waals surface area contributed by atoms with Crippen LogP contribution in [-0.4, -0.2) is 37.3 Å². The van der Waals surface area contributed by atoms with Gasteiger partial charge in [0.05, 0.1) is 11.9 Å². The number of hydrogen-bond donors (Lipinski definition) is 1. The average Bonchev–Trinajstić information content (AvgIpc) is 3.02. The van der Waals surface area contributed by atoms with E-state index in [9.17, 15) is 4.79 Å². The van der Waals surface area contributed by atoms with Crippen LogP contribution in [0.15, 0.2) is 49.3 Å². The number of carbonyl (C=O) groups excluding carboxylic acids is 1. The Bertz CT molecular complexity index is 712. The van der Waals surface area contributed by atoms with Crippen molar-refractivity contribution in [2.24, 2.45) is 0 Å². The molecule has 22 heavy (non-hydrogen) atoms. The molecule has 0 fully saturated rings. The van der Waals surface area contributed by atoms with Crippen LogP contribution in [0.3, 0.4) is 0 Å². The van der Waals surface area contributed by atoms with Gasteiger partial charge in [-0.1, -0.05) is 0 Å². The lowest BCUT2D eigenvalue weighted by atomic mass is 10.1. The third-order valence-corrected chi connectivity index (χ3v) is 3.04. The van der Waals surface area contributed by atoms with Crippen LogP contribution in [0.2, 0.25) is 0 Å². The molecule has 7 nitrogen and oxygen atoms in total. The zero-order valence-corrected chi connectivity index (χ0v) is 12.0. The van der Waals surface area contributed by atoms with E-state index in [0.717, 1.165) is 11.1 Å². The van der Waals surface area contributed by atoms with E-state index >= 15 is 0 Å². The highest BCUT2D eigenvalue weighted by Crippen LogP contribution is 2.28. The predicted molar refractivity (Wildman–Crippen MR) is 81.0 cm³/mol. The first kappa shape index (κ1) is 13.9. The summed E-state index contributed by atoms with van der Waals surface area (Å²) in [6.07, 6.45) is 9.87. The number of aromatic nitrogens is 5. The maximum absolute atomic E-state index is 12.0. The second-order valence-electron chi connectivity index (χ2n) is 4.50. The largest absolute Gasteiger partial charge is 0.342 e. The van der Waals surface area contributed by atoms with E-state index in [1.165, 1.54) is 4.68 Å². The highest BCUT2D eigenvalue weighted by atomic mass is 16.2. The van der Waals surface area contributed by atoms with Gasteiger partial charge >= 0.3 is 6.03 Å². The molecule has 0 aliphatic carbocycles. The van der Waals surface area contributed by atoms with Crippen LogP contribution in [-0.2, 0) is 0 Å². The van der Waals surface area contributed by atoms with Crippen LogP contribution >= 0.6 is 0 Å². The van der Waals surface area contributed by atoms with Crippen molar-refractivity contribution in [2.75, 3.05) is 6.54 Å². The van der Waals surface area contributed by atoms with Crippen molar-refractivity contribution in [3.05, 3.63) is 49.3 Å². The number of hydrogen-bond acceptors (Lipinski definition) is 5. The Morgan fingerprint density at radius 2 is 2.00 bits per heavy atom. The van der Waals surface area contributed by atoms with Crippen molar-refractivity contribution in [3.8, 4) is 22.5 Å². The van der Waals surface area contributed by atoms with Gasteiger partial charge in [0.1, 0.15) is 5.69 Å². The third kappa shape index (κ3) is 2.69. The van der Waals surface area contributed by atoms with E-state index in [4.69, 9.17) is 0 Å². The molecule has 3 rings (SSSR count). The molecule has 1 amide bonds. The summed E-state index contributed by atoms with van der Waals surface area (Å²) in [4.78, 5) is 24.4. The molecule has 7 heteroatoms. The van der Waals surface area contributed by atoms with Crippen LogP contribution < -0.4 is 5.32 Å². The summed E-state index contributed by atoms with van der Waals surface area (Å²) in [6, 6.07) is 3.39. The normalized spacial score (nSPS) is 10.4. The second kappa shape index (κ2) is 6.13. The van der Waals surface area contributed by atoms with E-state index < -0.39 is 0 Å².